The Morgan fingerprint density at radius 1 is 1.42 bits per heavy atom. The highest BCUT2D eigenvalue weighted by Gasteiger charge is 2.34. The smallest absolute Gasteiger partial charge is 0.311 e. The second-order valence-electron chi connectivity index (χ2n) is 5.00. The van der Waals surface area contributed by atoms with Gasteiger partial charge >= 0.3 is 5.97 Å². The number of fused-ring (bicyclic) bond motifs is 1. The molecule has 2 heterocycles. The molecule has 0 aliphatic rings. The molecule has 1 atom stereocenters. The molecule has 19 heavy (non-hydrogen) atoms. The summed E-state index contributed by atoms with van der Waals surface area (Å²) >= 11 is 0. The average molecular weight is 260 g/mol. The summed E-state index contributed by atoms with van der Waals surface area (Å²) in [5.74, 6) is -0.487. The van der Waals surface area contributed by atoms with Crippen molar-refractivity contribution in [3.8, 4) is 0 Å². The predicted molar refractivity (Wildman–Crippen MR) is 71.8 cm³/mol. The highest BCUT2D eigenvalue weighted by atomic mass is 16.4. The summed E-state index contributed by atoms with van der Waals surface area (Å²) in [4.78, 5) is 23.7. The second kappa shape index (κ2) is 4.79. The quantitative estimate of drug-likeness (QED) is 0.873. The minimum Gasteiger partial charge on any atom is -0.481 e. The van der Waals surface area contributed by atoms with Crippen molar-refractivity contribution in [3.63, 3.8) is 0 Å². The van der Waals surface area contributed by atoms with Crippen LogP contribution in [-0.4, -0.2) is 32.1 Å². The van der Waals surface area contributed by atoms with E-state index in [1.165, 1.54) is 0 Å². The van der Waals surface area contributed by atoms with Crippen molar-refractivity contribution in [3.05, 3.63) is 24.5 Å². The van der Waals surface area contributed by atoms with Crippen LogP contribution in [0.2, 0.25) is 0 Å². The summed E-state index contributed by atoms with van der Waals surface area (Å²) in [5.41, 5.74) is -0.331. The lowest BCUT2D eigenvalue weighted by atomic mass is 9.86. The van der Waals surface area contributed by atoms with E-state index in [0.717, 1.165) is 5.39 Å². The molecule has 0 aliphatic heterocycles. The number of carboxylic acid groups (broad SMARTS) is 1. The molecule has 1 unspecified atom stereocenters. The maximum atomic E-state index is 11.2. The summed E-state index contributed by atoms with van der Waals surface area (Å²) in [6.45, 7) is 5.11. The topological polar surface area (TPSA) is 88.0 Å². The van der Waals surface area contributed by atoms with E-state index in [2.05, 4.69) is 20.3 Å². The first-order valence-corrected chi connectivity index (χ1v) is 5.99. The van der Waals surface area contributed by atoms with Gasteiger partial charge in [-0.15, -0.1) is 0 Å². The van der Waals surface area contributed by atoms with Gasteiger partial charge in [-0.25, -0.2) is 9.97 Å². The molecule has 0 saturated carbocycles. The van der Waals surface area contributed by atoms with E-state index in [-0.39, 0.29) is 6.04 Å². The fraction of sp³-hybridized carbons (Fsp3) is 0.385. The summed E-state index contributed by atoms with van der Waals surface area (Å²) in [5, 5.41) is 13.0. The average Bonchev–Trinajstić information content (AvgIpc) is 2.38. The molecule has 6 nitrogen and oxygen atoms in total. The van der Waals surface area contributed by atoms with Gasteiger partial charge in [-0.1, -0.05) is 0 Å². The second-order valence-corrected chi connectivity index (χ2v) is 5.00. The molecule has 6 heteroatoms. The number of hydrogen-bond donors (Lipinski definition) is 2. The predicted octanol–water partition coefficient (Wildman–Crippen LogP) is 1.94. The van der Waals surface area contributed by atoms with Crippen LogP contribution in [0, 0.1) is 5.41 Å². The number of carboxylic acids is 1. The zero-order valence-corrected chi connectivity index (χ0v) is 11.1. The van der Waals surface area contributed by atoms with Gasteiger partial charge in [-0.3, -0.25) is 4.79 Å². The molecule has 0 radical (unpaired) electrons. The van der Waals surface area contributed by atoms with Gasteiger partial charge in [0.25, 0.3) is 0 Å². The first kappa shape index (κ1) is 13.2. The van der Waals surface area contributed by atoms with E-state index in [9.17, 15) is 4.79 Å². The lowest BCUT2D eigenvalue weighted by Gasteiger charge is -2.27. The Balaban J connectivity index is 2.24. The van der Waals surface area contributed by atoms with E-state index in [1.54, 1.807) is 33.2 Å². The Morgan fingerprint density at radius 3 is 2.84 bits per heavy atom. The third-order valence-corrected chi connectivity index (χ3v) is 3.33. The number of nitrogens with one attached hydrogen (secondary N) is 1. The Bertz CT molecular complexity index is 612. The number of pyridine rings is 1. The molecule has 0 aliphatic carbocycles. The van der Waals surface area contributed by atoms with Crippen LogP contribution in [-0.2, 0) is 4.79 Å². The van der Waals surface area contributed by atoms with Gasteiger partial charge in [-0.2, -0.15) is 4.98 Å². The van der Waals surface area contributed by atoms with E-state index >= 15 is 0 Å². The third-order valence-electron chi connectivity index (χ3n) is 3.33. The van der Waals surface area contributed by atoms with Crippen LogP contribution in [0.25, 0.3) is 11.0 Å². The molecule has 0 aromatic carbocycles. The molecule has 0 fully saturated rings. The molecular weight excluding hydrogens is 244 g/mol. The minimum absolute atomic E-state index is 0.314. The van der Waals surface area contributed by atoms with Gasteiger partial charge < -0.3 is 10.4 Å². The summed E-state index contributed by atoms with van der Waals surface area (Å²) in [7, 11) is 0. The summed E-state index contributed by atoms with van der Waals surface area (Å²) in [6.07, 6.45) is 3.32. The van der Waals surface area contributed by atoms with Crippen LogP contribution in [0.15, 0.2) is 24.5 Å². The van der Waals surface area contributed by atoms with E-state index in [0.29, 0.717) is 11.6 Å². The van der Waals surface area contributed by atoms with Crippen molar-refractivity contribution in [1.29, 1.82) is 0 Å². The van der Waals surface area contributed by atoms with Gasteiger partial charge in [0.2, 0.25) is 5.95 Å². The number of hydrogen-bond acceptors (Lipinski definition) is 5. The first-order chi connectivity index (χ1) is 8.91. The van der Waals surface area contributed by atoms with Crippen molar-refractivity contribution in [1.82, 2.24) is 15.0 Å². The lowest BCUT2D eigenvalue weighted by molar-refractivity contribution is -0.147. The largest absolute Gasteiger partial charge is 0.481 e. The highest BCUT2D eigenvalue weighted by molar-refractivity contribution is 5.76. The summed E-state index contributed by atoms with van der Waals surface area (Å²) in [6, 6.07) is 3.37. The number of nitrogens with zero attached hydrogens (tertiary/aromatic N) is 3. The molecule has 0 amide bonds. The molecule has 2 N–H and O–H groups in total. The Kier molecular flexibility index (Phi) is 3.33. The molecule has 2 aromatic heterocycles. The van der Waals surface area contributed by atoms with Crippen molar-refractivity contribution in [2.24, 2.45) is 5.41 Å². The Labute approximate surface area is 110 Å². The standard InChI is InChI=1S/C13H16N4O2/c1-8(13(2,3)11(18)19)16-12-15-7-9-5-4-6-14-10(9)17-12/h4-8H,1-3H3,(H,18,19)(H,14,15,16,17). The van der Waals surface area contributed by atoms with Crippen molar-refractivity contribution in [2.45, 2.75) is 26.8 Å². The Hall–Kier alpha value is -2.24. The monoisotopic (exact) mass is 260 g/mol. The molecule has 100 valence electrons. The number of rotatable bonds is 4. The maximum absolute atomic E-state index is 11.2. The first-order valence-electron chi connectivity index (χ1n) is 5.99. The zero-order valence-electron chi connectivity index (χ0n) is 11.1. The van der Waals surface area contributed by atoms with Gasteiger partial charge in [-0.05, 0) is 32.9 Å². The van der Waals surface area contributed by atoms with Crippen LogP contribution in [0.5, 0.6) is 0 Å². The number of anilines is 1. The van der Waals surface area contributed by atoms with Gasteiger partial charge in [0, 0.05) is 23.8 Å². The number of carbonyl (C=O) groups is 1. The van der Waals surface area contributed by atoms with Gasteiger partial charge in [0.15, 0.2) is 5.65 Å². The SMILES string of the molecule is CC(Nc1ncc2cccnc2n1)C(C)(C)C(=O)O. The minimum atomic E-state index is -0.914. The molecule has 2 aromatic rings. The fourth-order valence-electron chi connectivity index (χ4n) is 1.49. The highest BCUT2D eigenvalue weighted by Crippen LogP contribution is 2.23. The van der Waals surface area contributed by atoms with E-state index < -0.39 is 11.4 Å². The van der Waals surface area contributed by atoms with Crippen LogP contribution in [0.3, 0.4) is 0 Å². The number of aliphatic carboxylic acids is 1. The summed E-state index contributed by atoms with van der Waals surface area (Å²) < 4.78 is 0. The van der Waals surface area contributed by atoms with E-state index in [1.807, 2.05) is 12.1 Å². The van der Waals surface area contributed by atoms with Crippen LogP contribution >= 0.6 is 0 Å². The van der Waals surface area contributed by atoms with Crippen LogP contribution in [0.1, 0.15) is 20.8 Å². The molecule has 0 bridgehead atoms. The van der Waals surface area contributed by atoms with Crippen LogP contribution < -0.4 is 5.32 Å². The van der Waals surface area contributed by atoms with E-state index in [4.69, 9.17) is 5.11 Å². The normalized spacial score (nSPS) is 13.2. The van der Waals surface area contributed by atoms with Gasteiger partial charge in [0.1, 0.15) is 0 Å². The third kappa shape index (κ3) is 2.62. The fourth-order valence-corrected chi connectivity index (χ4v) is 1.49. The van der Waals surface area contributed by atoms with Crippen molar-refractivity contribution >= 4 is 23.0 Å². The van der Waals surface area contributed by atoms with Crippen molar-refractivity contribution in [2.75, 3.05) is 5.32 Å². The molecule has 2 rings (SSSR count). The van der Waals surface area contributed by atoms with Gasteiger partial charge in [0.05, 0.1) is 5.41 Å². The Morgan fingerprint density at radius 2 is 2.16 bits per heavy atom. The molecule has 0 spiro atoms. The lowest BCUT2D eigenvalue weighted by Crippen LogP contribution is -2.40. The van der Waals surface area contributed by atoms with Crippen molar-refractivity contribution < 1.29 is 9.90 Å². The molecule has 0 saturated heterocycles. The molecular formula is C13H16N4O2. The number of aromatic nitrogens is 3. The van der Waals surface area contributed by atoms with Crippen LogP contribution in [0.4, 0.5) is 5.95 Å². The maximum Gasteiger partial charge on any atom is 0.311 e. The zero-order chi connectivity index (χ0) is 14.0.